The Balaban J connectivity index is 1.73. The van der Waals surface area contributed by atoms with E-state index in [-0.39, 0.29) is 40.3 Å². The first-order valence-electron chi connectivity index (χ1n) is 11.5. The van der Waals surface area contributed by atoms with Crippen LogP contribution in [0, 0.1) is 18.3 Å². The molecular weight excluding hydrogens is 486 g/mol. The number of Topliss-reactive ketones (excluding diaryl/α,β-unsaturated/α-hetero) is 1. The first-order valence-corrected chi connectivity index (χ1v) is 11.5. The van der Waals surface area contributed by atoms with Crippen LogP contribution in [-0.2, 0) is 6.42 Å². The maximum Gasteiger partial charge on any atom is 0.335 e. The molecule has 1 unspecified atom stereocenters. The lowest BCUT2D eigenvalue weighted by Gasteiger charge is -2.29. The van der Waals surface area contributed by atoms with E-state index in [0.29, 0.717) is 15.9 Å². The van der Waals surface area contributed by atoms with E-state index < -0.39 is 23.3 Å². The summed E-state index contributed by atoms with van der Waals surface area (Å²) in [6.07, 6.45) is -0.0954. The minimum atomic E-state index is -1.97. The number of carbonyl (C=O) groups is 3. The molecule has 38 heavy (non-hydrogen) atoms. The minimum absolute atomic E-state index is 0.0127. The Morgan fingerprint density at radius 1 is 1.00 bits per heavy atom. The van der Waals surface area contributed by atoms with Crippen LogP contribution < -0.4 is 11.1 Å². The maximum atomic E-state index is 13.6. The number of aromatic carboxylic acids is 1. The number of hydrogen-bond acceptors (Lipinski definition) is 7. The number of carboxylic acid groups (broad SMARTS) is 1. The zero-order valence-corrected chi connectivity index (χ0v) is 20.3. The van der Waals surface area contributed by atoms with Crippen LogP contribution in [0.4, 0.5) is 0 Å². The summed E-state index contributed by atoms with van der Waals surface area (Å²) in [7, 11) is 0. The second-order valence-corrected chi connectivity index (χ2v) is 8.64. The van der Waals surface area contributed by atoms with Crippen molar-refractivity contribution in [1.82, 2.24) is 15.0 Å². The lowest BCUT2D eigenvalue weighted by molar-refractivity contribution is 0.0696. The Kier molecular flexibility index (Phi) is 7.05. The van der Waals surface area contributed by atoms with Gasteiger partial charge in [-0.25, -0.2) is 9.78 Å². The van der Waals surface area contributed by atoms with Gasteiger partial charge in [-0.05, 0) is 36.8 Å². The molecule has 1 atom stereocenters. The molecule has 0 aliphatic rings. The van der Waals surface area contributed by atoms with Gasteiger partial charge in [0.1, 0.15) is 0 Å². The van der Waals surface area contributed by atoms with Crippen LogP contribution in [0.15, 0.2) is 78.9 Å². The van der Waals surface area contributed by atoms with Gasteiger partial charge in [0.2, 0.25) is 5.78 Å². The standard InChI is InChI=1S/C28H23N5O5/c1-17-23(33(38)25(31-17)22-10-6-5-9-21(22)16-29)26(35)32-28(30,15-18-7-3-2-4-8-18)24(34)19-11-13-20(14-12-19)27(36)37/h2-14,38H,15,30H2,1H3,(H,32,35)(H,36,37). The summed E-state index contributed by atoms with van der Waals surface area (Å²) >= 11 is 0. The third-order valence-corrected chi connectivity index (χ3v) is 5.99. The van der Waals surface area contributed by atoms with E-state index in [1.54, 1.807) is 54.6 Å². The molecule has 1 aromatic heterocycles. The summed E-state index contributed by atoms with van der Waals surface area (Å²) in [5.74, 6) is -2.71. The number of aryl methyl sites for hydroxylation is 1. The van der Waals surface area contributed by atoms with Gasteiger partial charge in [-0.2, -0.15) is 9.99 Å². The molecule has 10 nitrogen and oxygen atoms in total. The molecule has 0 spiro atoms. The van der Waals surface area contributed by atoms with Crippen molar-refractivity contribution in [1.29, 1.82) is 5.26 Å². The molecule has 0 radical (unpaired) electrons. The van der Waals surface area contributed by atoms with Crippen molar-refractivity contribution < 1.29 is 24.7 Å². The van der Waals surface area contributed by atoms with E-state index >= 15 is 0 Å². The summed E-state index contributed by atoms with van der Waals surface area (Å²) < 4.78 is 0.565. The number of carboxylic acids is 1. The molecule has 10 heteroatoms. The summed E-state index contributed by atoms with van der Waals surface area (Å²) in [5.41, 5.74) is 5.77. The Morgan fingerprint density at radius 2 is 1.61 bits per heavy atom. The van der Waals surface area contributed by atoms with Gasteiger partial charge in [-0.3, -0.25) is 9.59 Å². The fourth-order valence-electron chi connectivity index (χ4n) is 4.11. The molecule has 0 saturated heterocycles. The molecule has 3 aromatic carbocycles. The number of aromatic nitrogens is 2. The van der Waals surface area contributed by atoms with Gasteiger partial charge in [-0.15, -0.1) is 0 Å². The van der Waals surface area contributed by atoms with Crippen LogP contribution in [-0.4, -0.2) is 43.4 Å². The molecule has 190 valence electrons. The quantitative estimate of drug-likeness (QED) is 0.159. The van der Waals surface area contributed by atoms with E-state index in [4.69, 9.17) is 10.8 Å². The lowest BCUT2D eigenvalue weighted by atomic mass is 9.91. The highest BCUT2D eigenvalue weighted by molar-refractivity contribution is 6.07. The molecule has 1 heterocycles. The third kappa shape index (κ3) is 5.00. The van der Waals surface area contributed by atoms with Crippen molar-refractivity contribution >= 4 is 17.7 Å². The second kappa shape index (κ2) is 10.4. The predicted octanol–water partition coefficient (Wildman–Crippen LogP) is 3.18. The summed E-state index contributed by atoms with van der Waals surface area (Å²) in [6.45, 7) is 1.50. The average molecular weight is 510 g/mol. The average Bonchev–Trinajstić information content (AvgIpc) is 3.22. The van der Waals surface area contributed by atoms with E-state index in [9.17, 15) is 24.9 Å². The van der Waals surface area contributed by atoms with Gasteiger partial charge in [-0.1, -0.05) is 54.6 Å². The van der Waals surface area contributed by atoms with Crippen molar-refractivity contribution in [2.45, 2.75) is 19.0 Å². The van der Waals surface area contributed by atoms with Crippen LogP contribution in [0.5, 0.6) is 0 Å². The summed E-state index contributed by atoms with van der Waals surface area (Å²) in [5, 5.41) is 32.0. The van der Waals surface area contributed by atoms with Crippen molar-refractivity contribution in [3.63, 3.8) is 0 Å². The van der Waals surface area contributed by atoms with Gasteiger partial charge < -0.3 is 21.4 Å². The van der Waals surface area contributed by atoms with E-state index in [1.807, 2.05) is 6.07 Å². The molecule has 0 saturated carbocycles. The number of rotatable bonds is 8. The van der Waals surface area contributed by atoms with Gasteiger partial charge in [0, 0.05) is 17.5 Å². The predicted molar refractivity (Wildman–Crippen MR) is 137 cm³/mol. The van der Waals surface area contributed by atoms with Gasteiger partial charge in [0.15, 0.2) is 17.2 Å². The number of nitrogens with zero attached hydrogens (tertiary/aromatic N) is 3. The van der Waals surface area contributed by atoms with Crippen LogP contribution in [0.2, 0.25) is 0 Å². The van der Waals surface area contributed by atoms with Crippen LogP contribution >= 0.6 is 0 Å². The summed E-state index contributed by atoms with van der Waals surface area (Å²) in [4.78, 5) is 42.5. The van der Waals surface area contributed by atoms with Crippen molar-refractivity contribution in [2.24, 2.45) is 5.73 Å². The molecule has 0 bridgehead atoms. The normalized spacial score (nSPS) is 12.2. The van der Waals surface area contributed by atoms with Crippen LogP contribution in [0.25, 0.3) is 11.4 Å². The largest absolute Gasteiger partial charge is 0.478 e. The van der Waals surface area contributed by atoms with Crippen LogP contribution in [0.3, 0.4) is 0 Å². The number of amides is 1. The number of nitrogens with two attached hydrogens (primary N) is 1. The second-order valence-electron chi connectivity index (χ2n) is 8.64. The van der Waals surface area contributed by atoms with Crippen molar-refractivity contribution in [3.05, 3.63) is 113 Å². The van der Waals surface area contributed by atoms with E-state index in [2.05, 4.69) is 10.3 Å². The smallest absolute Gasteiger partial charge is 0.335 e. The highest BCUT2D eigenvalue weighted by atomic mass is 16.5. The highest BCUT2D eigenvalue weighted by Crippen LogP contribution is 2.25. The number of hydrogen-bond donors (Lipinski definition) is 4. The fraction of sp³-hybridized carbons (Fsp3) is 0.107. The Bertz CT molecular complexity index is 1570. The Hall–Kier alpha value is -5.27. The molecular formula is C28H23N5O5. The molecule has 4 rings (SSSR count). The van der Waals surface area contributed by atoms with Gasteiger partial charge in [0.25, 0.3) is 5.91 Å². The molecule has 4 aromatic rings. The molecule has 0 aliphatic carbocycles. The van der Waals surface area contributed by atoms with Crippen molar-refractivity contribution in [3.8, 4) is 17.5 Å². The monoisotopic (exact) mass is 509 g/mol. The lowest BCUT2D eigenvalue weighted by Crippen LogP contribution is -2.63. The van der Waals surface area contributed by atoms with Crippen LogP contribution in [0.1, 0.15) is 48.0 Å². The number of ketones is 1. The SMILES string of the molecule is Cc1nc(-c2ccccc2C#N)n(O)c1C(=O)NC(N)(Cc1ccccc1)C(=O)c1ccc(C(=O)O)cc1. The Labute approximate surface area is 217 Å². The van der Waals surface area contributed by atoms with E-state index in [1.165, 1.54) is 31.2 Å². The number of imidazole rings is 1. The molecule has 1 amide bonds. The Morgan fingerprint density at radius 3 is 2.24 bits per heavy atom. The zero-order chi connectivity index (χ0) is 27.4. The van der Waals surface area contributed by atoms with E-state index in [0.717, 1.165) is 0 Å². The first kappa shape index (κ1) is 25.8. The van der Waals surface area contributed by atoms with Gasteiger partial charge in [0.05, 0.1) is 22.9 Å². The number of nitrogens with one attached hydrogen (secondary N) is 1. The number of carbonyl (C=O) groups excluding carboxylic acids is 2. The van der Waals surface area contributed by atoms with Crippen molar-refractivity contribution in [2.75, 3.05) is 0 Å². The summed E-state index contributed by atoms with van der Waals surface area (Å²) in [6, 6.07) is 22.5. The topological polar surface area (TPSA) is 171 Å². The fourth-order valence-corrected chi connectivity index (χ4v) is 4.11. The zero-order valence-electron chi connectivity index (χ0n) is 20.3. The number of nitriles is 1. The minimum Gasteiger partial charge on any atom is -0.478 e. The number of benzene rings is 3. The molecule has 5 N–H and O–H groups in total. The maximum absolute atomic E-state index is 13.6. The first-order chi connectivity index (χ1) is 18.1. The third-order valence-electron chi connectivity index (χ3n) is 5.99. The van der Waals surface area contributed by atoms with Gasteiger partial charge >= 0.3 is 5.97 Å². The molecule has 0 aliphatic heterocycles. The molecule has 0 fully saturated rings. The highest BCUT2D eigenvalue weighted by Gasteiger charge is 2.38.